The van der Waals surface area contributed by atoms with Crippen LogP contribution in [0.3, 0.4) is 0 Å². The second kappa shape index (κ2) is 30.4. The van der Waals surface area contributed by atoms with Gasteiger partial charge in [-0.15, -0.1) is 0 Å². The second-order valence-corrected chi connectivity index (χ2v) is 4.22. The van der Waals surface area contributed by atoms with E-state index in [9.17, 15) is 0 Å². The Hall–Kier alpha value is 1.11. The van der Waals surface area contributed by atoms with Gasteiger partial charge in [0.25, 0.3) is 0 Å². The maximum Gasteiger partial charge on any atom is -0.188 e. The van der Waals surface area contributed by atoms with E-state index in [-0.39, 0.29) is 26.2 Å². The van der Waals surface area contributed by atoms with Gasteiger partial charge in [-0.25, -0.2) is 0 Å². The largest absolute Gasteiger partial charge is 0.810 e. The van der Waals surface area contributed by atoms with Crippen molar-refractivity contribution >= 4 is 18.8 Å². The summed E-state index contributed by atoms with van der Waals surface area (Å²) in [6, 6.07) is 0. The van der Waals surface area contributed by atoms with Gasteiger partial charge in [0.2, 0.25) is 0 Å². The van der Waals surface area contributed by atoms with Crippen molar-refractivity contribution < 1.29 is 16.5 Å². The maximum atomic E-state index is 7.62. The quantitative estimate of drug-likeness (QED) is 0.707. The number of rotatable bonds is 2. The van der Waals surface area contributed by atoms with E-state index in [0.717, 1.165) is 0 Å². The Kier molecular flexibility index (Phi) is 49.8. The molecule has 0 rings (SSSR count). The first-order valence-electron chi connectivity index (χ1n) is 2.50. The number of halogens is 2. The van der Waals surface area contributed by atoms with Crippen LogP contribution in [-0.2, 0) is 16.5 Å². The third-order valence-corrected chi connectivity index (χ3v) is 0.200. The molecule has 0 saturated heterocycles. The minimum absolute atomic E-state index is 0.125. The summed E-state index contributed by atoms with van der Waals surface area (Å²) >= 11 is -0.472. The number of hydrogen-bond acceptors (Lipinski definition) is 0. The molecule has 11 heavy (non-hydrogen) atoms. The SMILES string of the molecule is [Cl][Pt+2][Cl].[N-]CC[N-].[N-]CC[N-]. The van der Waals surface area contributed by atoms with Gasteiger partial charge in [0, 0.05) is 0 Å². The van der Waals surface area contributed by atoms with Crippen LogP contribution < -0.4 is 0 Å². The predicted molar refractivity (Wildman–Crippen MR) is 44.6 cm³/mol. The van der Waals surface area contributed by atoms with Crippen molar-refractivity contribution in [2.75, 3.05) is 26.2 Å². The van der Waals surface area contributed by atoms with E-state index in [2.05, 4.69) is 0 Å². The number of nitrogens with zero attached hydrogens (tertiary/aromatic N) is 4. The van der Waals surface area contributed by atoms with Crippen LogP contribution in [0.15, 0.2) is 0 Å². The third-order valence-electron chi connectivity index (χ3n) is 0.200. The normalized spacial score (nSPS) is 7.45. The fourth-order valence-corrected chi connectivity index (χ4v) is 0. The first kappa shape index (κ1) is 18.0. The molecule has 0 spiro atoms. The monoisotopic (exact) mass is 377 g/mol. The molecule has 4 nitrogen and oxygen atoms in total. The molecule has 0 aliphatic rings. The third kappa shape index (κ3) is 95.4. The van der Waals surface area contributed by atoms with Crippen molar-refractivity contribution in [1.29, 1.82) is 0 Å². The van der Waals surface area contributed by atoms with E-state index in [4.69, 9.17) is 41.8 Å². The molecule has 7 heteroatoms. The standard InChI is InChI=1S/2C2H4N2.2ClH.Pt/c2*3-1-2-4;;;/h2*1-2H2;2*1H;/q2*-2;;;+4/p-2. The van der Waals surface area contributed by atoms with Crippen molar-refractivity contribution in [2.45, 2.75) is 0 Å². The van der Waals surface area contributed by atoms with Crippen molar-refractivity contribution in [2.24, 2.45) is 0 Å². The van der Waals surface area contributed by atoms with Crippen molar-refractivity contribution in [1.82, 2.24) is 0 Å². The summed E-state index contributed by atoms with van der Waals surface area (Å²) in [5, 5.41) is 0. The molecule has 0 aromatic heterocycles. The van der Waals surface area contributed by atoms with E-state index in [0.29, 0.717) is 0 Å². The zero-order valence-electron chi connectivity index (χ0n) is 5.69. The molecular weight excluding hydrogens is 370 g/mol. The molecule has 0 bridgehead atoms. The first-order valence-corrected chi connectivity index (χ1v) is 8.13. The Morgan fingerprint density at radius 3 is 0.818 bits per heavy atom. The molecule has 0 amide bonds. The maximum absolute atomic E-state index is 7.62. The minimum Gasteiger partial charge on any atom is -0.810 e. The molecule has 0 fully saturated rings. The summed E-state index contributed by atoms with van der Waals surface area (Å²) in [6.45, 7) is -0.500. The Balaban J connectivity index is -0.0000000886. The fraction of sp³-hybridized carbons (Fsp3) is 1.00. The minimum atomic E-state index is -0.472. The van der Waals surface area contributed by atoms with Gasteiger partial charge in [-0.05, 0) is 0 Å². The summed E-state index contributed by atoms with van der Waals surface area (Å²) in [7, 11) is 9.75. The predicted octanol–water partition coefficient (Wildman–Crippen LogP) is 2.70. The summed E-state index contributed by atoms with van der Waals surface area (Å²) in [5.41, 5.74) is 30.5. The summed E-state index contributed by atoms with van der Waals surface area (Å²) in [4.78, 5) is 0. The first-order chi connectivity index (χ1) is 5.24. The van der Waals surface area contributed by atoms with E-state index in [1.54, 1.807) is 0 Å². The summed E-state index contributed by atoms with van der Waals surface area (Å²) < 4.78 is 0. The zero-order chi connectivity index (χ0) is 9.54. The van der Waals surface area contributed by atoms with Crippen LogP contribution in [0.25, 0.3) is 22.9 Å². The van der Waals surface area contributed by atoms with Gasteiger partial charge in [-0.2, -0.15) is 26.2 Å². The zero-order valence-corrected chi connectivity index (χ0v) is 9.47. The van der Waals surface area contributed by atoms with Crippen LogP contribution in [0.1, 0.15) is 0 Å². The van der Waals surface area contributed by atoms with Crippen LogP contribution >= 0.6 is 18.8 Å². The summed E-state index contributed by atoms with van der Waals surface area (Å²) in [6.07, 6.45) is 0. The molecular formula is C4H8Cl2N4Pt-2. The summed E-state index contributed by atoms with van der Waals surface area (Å²) in [5.74, 6) is 0. The molecule has 0 aromatic rings. The van der Waals surface area contributed by atoms with Gasteiger partial charge in [0.05, 0.1) is 0 Å². The fourth-order valence-electron chi connectivity index (χ4n) is 0. The average Bonchev–Trinajstić information content (AvgIpc) is 2.06. The molecule has 0 heterocycles. The van der Waals surface area contributed by atoms with E-state index < -0.39 is 16.5 Å². The Labute approximate surface area is 84.3 Å². The van der Waals surface area contributed by atoms with Crippen LogP contribution in [0, 0.1) is 0 Å². The topological polar surface area (TPSA) is 89.2 Å². The van der Waals surface area contributed by atoms with Crippen LogP contribution in [0.5, 0.6) is 0 Å². The van der Waals surface area contributed by atoms with Crippen molar-refractivity contribution in [3.63, 3.8) is 0 Å². The smallest absolute Gasteiger partial charge is 0.188 e. The van der Waals surface area contributed by atoms with Crippen molar-refractivity contribution in [3.8, 4) is 0 Å². The molecule has 0 atom stereocenters. The second-order valence-electron chi connectivity index (χ2n) is 0.940. The Morgan fingerprint density at radius 1 is 0.727 bits per heavy atom. The molecule has 0 aromatic carbocycles. The van der Waals surface area contributed by atoms with Gasteiger partial charge in [-0.1, -0.05) is 0 Å². The van der Waals surface area contributed by atoms with Crippen LogP contribution in [0.4, 0.5) is 0 Å². The van der Waals surface area contributed by atoms with Crippen molar-refractivity contribution in [3.05, 3.63) is 22.9 Å². The van der Waals surface area contributed by atoms with E-state index in [1.165, 1.54) is 0 Å². The van der Waals surface area contributed by atoms with E-state index >= 15 is 0 Å². The van der Waals surface area contributed by atoms with Crippen LogP contribution in [0.2, 0.25) is 0 Å². The molecule has 0 saturated carbocycles. The molecule has 4 radical (unpaired) electrons. The van der Waals surface area contributed by atoms with Gasteiger partial charge in [-0.3, -0.25) is 0 Å². The van der Waals surface area contributed by atoms with Gasteiger partial charge in [0.15, 0.2) is 0 Å². The molecule has 0 aliphatic heterocycles. The van der Waals surface area contributed by atoms with Gasteiger partial charge in [0.1, 0.15) is 0 Å². The van der Waals surface area contributed by atoms with Gasteiger partial charge < -0.3 is 22.9 Å². The molecule has 0 N–H and O–H groups in total. The number of hydrogen-bond donors (Lipinski definition) is 0. The molecule has 0 aliphatic carbocycles. The Bertz CT molecular complexity index is 35.3. The Morgan fingerprint density at radius 2 is 0.818 bits per heavy atom. The van der Waals surface area contributed by atoms with E-state index in [1.807, 2.05) is 0 Å². The molecule has 0 unspecified atom stereocenters. The molecule has 70 valence electrons. The van der Waals surface area contributed by atoms with Gasteiger partial charge >= 0.3 is 35.3 Å². The average molecular weight is 378 g/mol. The van der Waals surface area contributed by atoms with Crippen LogP contribution in [-0.4, -0.2) is 26.2 Å².